The molecule has 5 heteroatoms. The number of anilines is 1. The zero-order valence-corrected chi connectivity index (χ0v) is 19.7. The molecule has 1 aromatic carbocycles. The number of piperidine rings is 1. The lowest BCUT2D eigenvalue weighted by molar-refractivity contribution is -0.146. The average Bonchev–Trinajstić information content (AvgIpc) is 2.76. The molecule has 0 radical (unpaired) electrons. The molecule has 1 saturated heterocycles. The van der Waals surface area contributed by atoms with Crippen LogP contribution in [0.3, 0.4) is 0 Å². The molecule has 164 valence electrons. The summed E-state index contributed by atoms with van der Waals surface area (Å²) in [6.45, 7) is 16.5. The number of amides is 3. The van der Waals surface area contributed by atoms with Crippen LogP contribution in [0.5, 0.6) is 0 Å². The fraction of sp³-hybridized carbons (Fsp3) is 0.640. The molecule has 1 heterocycles. The molecule has 1 aliphatic carbocycles. The third kappa shape index (κ3) is 3.67. The summed E-state index contributed by atoms with van der Waals surface area (Å²) in [5, 5.41) is 3.10. The minimum Gasteiger partial charge on any atom is -0.347 e. The average molecular weight is 413 g/mol. The van der Waals surface area contributed by atoms with Crippen molar-refractivity contribution in [1.29, 1.82) is 0 Å². The predicted molar refractivity (Wildman–Crippen MR) is 119 cm³/mol. The van der Waals surface area contributed by atoms with Crippen molar-refractivity contribution in [3.63, 3.8) is 0 Å². The van der Waals surface area contributed by atoms with Crippen LogP contribution in [-0.2, 0) is 9.59 Å². The van der Waals surface area contributed by atoms with Crippen LogP contribution in [0.4, 0.5) is 5.69 Å². The molecule has 1 aliphatic heterocycles. The molecule has 3 amide bonds. The summed E-state index contributed by atoms with van der Waals surface area (Å²) in [7, 11) is 0. The van der Waals surface area contributed by atoms with Crippen LogP contribution in [0.15, 0.2) is 24.3 Å². The van der Waals surface area contributed by atoms with E-state index in [1.165, 1.54) is 4.90 Å². The highest BCUT2D eigenvalue weighted by atomic mass is 16.2. The molecule has 2 fully saturated rings. The second kappa shape index (κ2) is 6.93. The smallest absolute Gasteiger partial charge is 0.251 e. The van der Waals surface area contributed by atoms with E-state index in [0.717, 1.165) is 12.8 Å². The predicted octanol–water partition coefficient (Wildman–Crippen LogP) is 4.95. The van der Waals surface area contributed by atoms with Crippen LogP contribution in [0.25, 0.3) is 0 Å². The summed E-state index contributed by atoms with van der Waals surface area (Å²) in [6.07, 6.45) is 2.27. The molecule has 2 atom stereocenters. The Morgan fingerprint density at radius 1 is 1.13 bits per heavy atom. The number of nitrogens with zero attached hydrogens (tertiary/aromatic N) is 1. The number of carbonyl (C=O) groups excluding carboxylic acids is 3. The van der Waals surface area contributed by atoms with E-state index in [9.17, 15) is 14.4 Å². The number of hydrogen-bond donors (Lipinski definition) is 1. The van der Waals surface area contributed by atoms with Gasteiger partial charge in [0.05, 0.1) is 11.1 Å². The molecule has 2 aliphatic rings. The Morgan fingerprint density at radius 2 is 1.77 bits per heavy atom. The normalized spacial score (nSPS) is 26.1. The Bertz CT molecular complexity index is 894. The summed E-state index contributed by atoms with van der Waals surface area (Å²) in [5.41, 5.74) is -0.287. The fourth-order valence-corrected chi connectivity index (χ4v) is 5.60. The van der Waals surface area contributed by atoms with Gasteiger partial charge in [-0.25, -0.2) is 4.90 Å². The van der Waals surface area contributed by atoms with Crippen molar-refractivity contribution in [2.75, 3.05) is 4.90 Å². The Labute approximate surface area is 180 Å². The summed E-state index contributed by atoms with van der Waals surface area (Å²) in [6, 6.07) is 6.88. The van der Waals surface area contributed by atoms with Crippen LogP contribution < -0.4 is 10.2 Å². The number of nitrogens with one attached hydrogen (secondary N) is 1. The number of benzene rings is 1. The van der Waals surface area contributed by atoms with Gasteiger partial charge in [0.15, 0.2) is 0 Å². The van der Waals surface area contributed by atoms with Crippen LogP contribution in [0.1, 0.15) is 85.0 Å². The Hall–Kier alpha value is -2.17. The lowest BCUT2D eigenvalue weighted by Gasteiger charge is -2.47. The van der Waals surface area contributed by atoms with Gasteiger partial charge in [-0.05, 0) is 62.1 Å². The van der Waals surface area contributed by atoms with Crippen molar-refractivity contribution in [2.45, 2.75) is 80.2 Å². The van der Waals surface area contributed by atoms with Gasteiger partial charge < -0.3 is 5.32 Å². The monoisotopic (exact) mass is 412 g/mol. The zero-order chi connectivity index (χ0) is 22.7. The molecule has 30 heavy (non-hydrogen) atoms. The second-order valence-electron chi connectivity index (χ2n) is 11.7. The van der Waals surface area contributed by atoms with Gasteiger partial charge in [0.25, 0.3) is 5.91 Å². The SMILES string of the molecule is CC(C)(C)CC(C)(C)NC(=O)c1cccc(N2C(=O)[C@H]3CC[C@@](C)(C2=O)C3(C)C)c1. The largest absolute Gasteiger partial charge is 0.347 e. The highest BCUT2D eigenvalue weighted by Crippen LogP contribution is 2.60. The fourth-order valence-electron chi connectivity index (χ4n) is 5.60. The first kappa shape index (κ1) is 22.5. The molecule has 3 rings (SSSR count). The number of hydrogen-bond acceptors (Lipinski definition) is 3. The van der Waals surface area contributed by atoms with Gasteiger partial charge in [0.2, 0.25) is 11.8 Å². The molecular weight excluding hydrogens is 376 g/mol. The molecule has 1 N–H and O–H groups in total. The first-order chi connectivity index (χ1) is 13.6. The first-order valence-corrected chi connectivity index (χ1v) is 10.9. The second-order valence-corrected chi connectivity index (χ2v) is 11.7. The molecule has 1 aromatic rings. The van der Waals surface area contributed by atoms with E-state index in [1.807, 2.05) is 34.6 Å². The van der Waals surface area contributed by atoms with Crippen molar-refractivity contribution in [3.05, 3.63) is 29.8 Å². The molecule has 5 nitrogen and oxygen atoms in total. The van der Waals surface area contributed by atoms with E-state index >= 15 is 0 Å². The Morgan fingerprint density at radius 3 is 2.37 bits per heavy atom. The summed E-state index contributed by atoms with van der Waals surface area (Å²) in [5.74, 6) is -0.677. The van der Waals surface area contributed by atoms with Gasteiger partial charge in [-0.3, -0.25) is 14.4 Å². The van der Waals surface area contributed by atoms with E-state index < -0.39 is 5.41 Å². The van der Waals surface area contributed by atoms with E-state index in [1.54, 1.807) is 24.3 Å². The minimum absolute atomic E-state index is 0.0762. The Kier molecular flexibility index (Phi) is 5.20. The first-order valence-electron chi connectivity index (χ1n) is 10.9. The van der Waals surface area contributed by atoms with Crippen molar-refractivity contribution in [2.24, 2.45) is 22.2 Å². The van der Waals surface area contributed by atoms with Crippen molar-refractivity contribution in [3.8, 4) is 0 Å². The van der Waals surface area contributed by atoms with Crippen LogP contribution >= 0.6 is 0 Å². The van der Waals surface area contributed by atoms with E-state index in [2.05, 4.69) is 26.1 Å². The molecular formula is C25H36N2O3. The van der Waals surface area contributed by atoms with Crippen LogP contribution in [-0.4, -0.2) is 23.3 Å². The van der Waals surface area contributed by atoms with E-state index in [4.69, 9.17) is 0 Å². The lowest BCUT2D eigenvalue weighted by Crippen LogP contribution is -2.59. The maximum absolute atomic E-state index is 13.4. The van der Waals surface area contributed by atoms with Gasteiger partial charge in [-0.15, -0.1) is 0 Å². The number of imide groups is 1. The van der Waals surface area contributed by atoms with Crippen molar-refractivity contribution >= 4 is 23.4 Å². The minimum atomic E-state index is -0.571. The number of fused-ring (bicyclic) bond motifs is 2. The standard InChI is InChI=1S/C25H36N2O3/c1-22(2,3)15-23(4,5)26-19(28)16-10-9-11-17(14-16)27-20(29)18-12-13-25(8,21(27)30)24(18,6)7/h9-11,14,18H,12-13,15H2,1-8H3,(H,26,28)/t18-,25+/m1/s1. The zero-order valence-electron chi connectivity index (χ0n) is 19.7. The van der Waals surface area contributed by atoms with Gasteiger partial charge in [0, 0.05) is 17.0 Å². The number of carbonyl (C=O) groups is 3. The summed E-state index contributed by atoms with van der Waals surface area (Å²) >= 11 is 0. The van der Waals surface area contributed by atoms with Crippen molar-refractivity contribution < 1.29 is 14.4 Å². The van der Waals surface area contributed by atoms with Crippen LogP contribution in [0.2, 0.25) is 0 Å². The van der Waals surface area contributed by atoms with Crippen molar-refractivity contribution in [1.82, 2.24) is 5.32 Å². The highest BCUT2D eigenvalue weighted by Gasteiger charge is 2.64. The summed E-state index contributed by atoms with van der Waals surface area (Å²) in [4.78, 5) is 40.9. The molecule has 1 saturated carbocycles. The van der Waals surface area contributed by atoms with Gasteiger partial charge in [0.1, 0.15) is 0 Å². The third-order valence-corrected chi connectivity index (χ3v) is 7.21. The van der Waals surface area contributed by atoms with Gasteiger partial charge in [-0.2, -0.15) is 0 Å². The number of rotatable bonds is 4. The van der Waals surface area contributed by atoms with E-state index in [-0.39, 0.29) is 40.0 Å². The summed E-state index contributed by atoms with van der Waals surface area (Å²) < 4.78 is 0. The highest BCUT2D eigenvalue weighted by molar-refractivity contribution is 6.20. The molecule has 0 spiro atoms. The Balaban J connectivity index is 1.88. The van der Waals surface area contributed by atoms with Gasteiger partial charge >= 0.3 is 0 Å². The lowest BCUT2D eigenvalue weighted by atomic mass is 9.62. The molecule has 2 bridgehead atoms. The van der Waals surface area contributed by atoms with Crippen LogP contribution in [0, 0.1) is 22.2 Å². The quantitative estimate of drug-likeness (QED) is 0.712. The third-order valence-electron chi connectivity index (χ3n) is 7.21. The topological polar surface area (TPSA) is 66.5 Å². The van der Waals surface area contributed by atoms with Gasteiger partial charge in [-0.1, -0.05) is 47.6 Å². The van der Waals surface area contributed by atoms with E-state index in [0.29, 0.717) is 17.7 Å². The molecule has 0 unspecified atom stereocenters. The maximum Gasteiger partial charge on any atom is 0.251 e. The molecule has 0 aromatic heterocycles. The maximum atomic E-state index is 13.4.